The second-order valence-corrected chi connectivity index (χ2v) is 9.47. The smallest absolute Gasteiger partial charge is 0.339 e. The van der Waals surface area contributed by atoms with Crippen LogP contribution in [0.1, 0.15) is 60.7 Å². The zero-order valence-electron chi connectivity index (χ0n) is 20.5. The third-order valence-electron chi connectivity index (χ3n) is 6.57. The van der Waals surface area contributed by atoms with Gasteiger partial charge in [-0.3, -0.25) is 9.59 Å². The molecule has 1 aliphatic rings. The van der Waals surface area contributed by atoms with Crippen molar-refractivity contribution in [2.24, 2.45) is 17.8 Å². The van der Waals surface area contributed by atoms with Gasteiger partial charge in [-0.25, -0.2) is 22.4 Å². The third-order valence-corrected chi connectivity index (χ3v) is 6.57. The largest absolute Gasteiger partial charge is 0.478 e. The molecule has 3 rings (SSSR count). The summed E-state index contributed by atoms with van der Waals surface area (Å²) in [5.41, 5.74) is -2.78. The first-order valence-corrected chi connectivity index (χ1v) is 11.8. The Bertz CT molecular complexity index is 1190. The molecule has 1 aliphatic carbocycles. The highest BCUT2D eigenvalue weighted by molar-refractivity contribution is 6.11. The Morgan fingerprint density at radius 3 is 2.00 bits per heavy atom. The molecule has 2 aromatic rings. The van der Waals surface area contributed by atoms with Crippen molar-refractivity contribution in [2.75, 3.05) is 17.2 Å². The average Bonchev–Trinajstić information content (AvgIpc) is 2.84. The highest BCUT2D eigenvalue weighted by Crippen LogP contribution is 2.36. The highest BCUT2D eigenvalue weighted by atomic mass is 19.2. The zero-order valence-corrected chi connectivity index (χ0v) is 20.5. The molecule has 0 aliphatic heterocycles. The summed E-state index contributed by atoms with van der Waals surface area (Å²) in [6.45, 7) is 6.34. The van der Waals surface area contributed by atoms with E-state index in [2.05, 4.69) is 31.4 Å². The van der Waals surface area contributed by atoms with E-state index in [1.807, 2.05) is 0 Å². The maximum atomic E-state index is 14.2. The average molecular weight is 525 g/mol. The van der Waals surface area contributed by atoms with Crippen LogP contribution in [-0.4, -0.2) is 35.6 Å². The van der Waals surface area contributed by atoms with Gasteiger partial charge in [0.25, 0.3) is 5.91 Å². The van der Waals surface area contributed by atoms with E-state index in [4.69, 9.17) is 9.84 Å². The standard InChI is InChI=1S/C26H28F4N2O5/c1-12(2)18-13(3)5-4-6-16(18)37-11-17(33)31-14-7-9-15(10-8-14)32-25(34)19-20(26(35)36)22(28)24(30)23(29)21(19)27/h7-10,12-13,16,18H,4-6,11H2,1-3H3,(H,31,33)(H,32,34)(H,35,36). The lowest BCUT2D eigenvalue weighted by Gasteiger charge is -2.38. The van der Waals surface area contributed by atoms with Gasteiger partial charge in [-0.05, 0) is 48.4 Å². The summed E-state index contributed by atoms with van der Waals surface area (Å²) in [6, 6.07) is 5.38. The number of carbonyl (C=O) groups is 3. The third kappa shape index (κ3) is 6.27. The van der Waals surface area contributed by atoms with E-state index in [1.54, 1.807) is 0 Å². The highest BCUT2D eigenvalue weighted by Gasteiger charge is 2.34. The number of carboxylic acid groups (broad SMARTS) is 1. The molecule has 0 radical (unpaired) electrons. The molecule has 37 heavy (non-hydrogen) atoms. The van der Waals surface area contributed by atoms with Crippen LogP contribution < -0.4 is 10.6 Å². The van der Waals surface area contributed by atoms with Gasteiger partial charge >= 0.3 is 5.97 Å². The summed E-state index contributed by atoms with van der Waals surface area (Å²) in [6.07, 6.45) is 3.05. The van der Waals surface area contributed by atoms with Crippen molar-refractivity contribution in [1.82, 2.24) is 0 Å². The minimum atomic E-state index is -2.34. The van der Waals surface area contributed by atoms with Crippen LogP contribution in [0.25, 0.3) is 0 Å². The van der Waals surface area contributed by atoms with E-state index in [0.717, 1.165) is 19.3 Å². The maximum Gasteiger partial charge on any atom is 0.339 e. The Labute approximate surface area is 211 Å². The zero-order chi connectivity index (χ0) is 27.4. The molecule has 3 unspecified atom stereocenters. The molecule has 0 saturated heterocycles. The van der Waals surface area contributed by atoms with Crippen molar-refractivity contribution >= 4 is 29.2 Å². The SMILES string of the molecule is CC(C)C1C(C)CCCC1OCC(=O)Nc1ccc(NC(=O)c2c(F)c(F)c(F)c(F)c2C(=O)O)cc1. The van der Waals surface area contributed by atoms with Gasteiger partial charge in [-0.2, -0.15) is 0 Å². The second kappa shape index (κ2) is 11.7. The molecule has 0 spiro atoms. The number of hydrogen-bond donors (Lipinski definition) is 3. The van der Waals surface area contributed by atoms with Crippen molar-refractivity contribution < 1.29 is 41.8 Å². The molecule has 1 saturated carbocycles. The topological polar surface area (TPSA) is 105 Å². The number of amides is 2. The molecule has 3 N–H and O–H groups in total. The number of nitrogens with one attached hydrogen (secondary N) is 2. The quantitative estimate of drug-likeness (QED) is 0.237. The number of carboxylic acids is 1. The predicted octanol–water partition coefficient (Wildman–Crippen LogP) is 5.61. The van der Waals surface area contributed by atoms with Crippen LogP contribution in [-0.2, 0) is 9.53 Å². The van der Waals surface area contributed by atoms with Gasteiger partial charge in [-0.15, -0.1) is 0 Å². The first kappa shape index (κ1) is 28.1. The number of benzene rings is 2. The van der Waals surface area contributed by atoms with Gasteiger partial charge in [0.2, 0.25) is 5.91 Å². The summed E-state index contributed by atoms with van der Waals surface area (Å²) in [7, 11) is 0. The summed E-state index contributed by atoms with van der Waals surface area (Å²) >= 11 is 0. The van der Waals surface area contributed by atoms with E-state index in [9.17, 15) is 31.9 Å². The number of ether oxygens (including phenoxy) is 1. The van der Waals surface area contributed by atoms with Crippen LogP contribution in [0.2, 0.25) is 0 Å². The summed E-state index contributed by atoms with van der Waals surface area (Å²) < 4.78 is 61.0. The molecule has 2 amide bonds. The molecular weight excluding hydrogens is 496 g/mol. The van der Waals surface area contributed by atoms with Gasteiger partial charge in [0, 0.05) is 11.4 Å². The van der Waals surface area contributed by atoms with Crippen molar-refractivity contribution in [3.8, 4) is 0 Å². The molecule has 200 valence electrons. The van der Waals surface area contributed by atoms with Crippen LogP contribution in [0.3, 0.4) is 0 Å². The fourth-order valence-electron chi connectivity index (χ4n) is 4.93. The first-order valence-electron chi connectivity index (χ1n) is 11.8. The van der Waals surface area contributed by atoms with Gasteiger partial charge in [0.05, 0.1) is 11.7 Å². The Balaban J connectivity index is 1.64. The molecule has 1 fully saturated rings. The predicted molar refractivity (Wildman–Crippen MR) is 127 cm³/mol. The summed E-state index contributed by atoms with van der Waals surface area (Å²) in [4.78, 5) is 36.1. The number of halogens is 4. The monoisotopic (exact) mass is 524 g/mol. The van der Waals surface area contributed by atoms with Crippen molar-refractivity contribution in [3.05, 3.63) is 58.7 Å². The minimum absolute atomic E-state index is 0.00361. The fraction of sp³-hybridized carbons (Fsp3) is 0.423. The Morgan fingerprint density at radius 1 is 0.919 bits per heavy atom. The molecule has 3 atom stereocenters. The van der Waals surface area contributed by atoms with Crippen LogP contribution in [0.15, 0.2) is 24.3 Å². The molecule has 0 bridgehead atoms. The number of carbonyl (C=O) groups excluding carboxylic acids is 2. The molecule has 11 heteroatoms. The Kier molecular flexibility index (Phi) is 8.90. The van der Waals surface area contributed by atoms with Gasteiger partial charge in [0.15, 0.2) is 23.3 Å². The van der Waals surface area contributed by atoms with E-state index in [-0.39, 0.29) is 24.3 Å². The molecule has 2 aromatic carbocycles. The number of anilines is 2. The van der Waals surface area contributed by atoms with Gasteiger partial charge < -0.3 is 20.5 Å². The lowest BCUT2D eigenvalue weighted by atomic mass is 9.72. The van der Waals surface area contributed by atoms with Gasteiger partial charge in [-0.1, -0.05) is 33.6 Å². The first-order chi connectivity index (χ1) is 17.4. The van der Waals surface area contributed by atoms with Crippen LogP contribution in [0.5, 0.6) is 0 Å². The fourth-order valence-corrected chi connectivity index (χ4v) is 4.93. The molecular formula is C26H28F4N2O5. The van der Waals surface area contributed by atoms with Crippen LogP contribution in [0, 0.1) is 41.0 Å². The van der Waals surface area contributed by atoms with E-state index >= 15 is 0 Å². The number of rotatable bonds is 8. The van der Waals surface area contributed by atoms with Crippen LogP contribution >= 0.6 is 0 Å². The van der Waals surface area contributed by atoms with Crippen molar-refractivity contribution in [1.29, 1.82) is 0 Å². The number of hydrogen-bond acceptors (Lipinski definition) is 4. The second-order valence-electron chi connectivity index (χ2n) is 9.47. The van der Waals surface area contributed by atoms with Crippen molar-refractivity contribution in [2.45, 2.75) is 46.1 Å². The lowest BCUT2D eigenvalue weighted by Crippen LogP contribution is -2.38. The number of aromatic carboxylic acids is 1. The Morgan fingerprint density at radius 2 is 1.46 bits per heavy atom. The molecule has 0 aromatic heterocycles. The van der Waals surface area contributed by atoms with Crippen molar-refractivity contribution in [3.63, 3.8) is 0 Å². The van der Waals surface area contributed by atoms with Gasteiger partial charge in [0.1, 0.15) is 12.2 Å². The normalized spacial score (nSPS) is 19.5. The maximum absolute atomic E-state index is 14.2. The molecule has 7 nitrogen and oxygen atoms in total. The van der Waals surface area contributed by atoms with Crippen LogP contribution in [0.4, 0.5) is 28.9 Å². The minimum Gasteiger partial charge on any atom is -0.478 e. The summed E-state index contributed by atoms with van der Waals surface area (Å²) in [5, 5.41) is 13.8. The van der Waals surface area contributed by atoms with E-state index in [0.29, 0.717) is 23.4 Å². The van der Waals surface area contributed by atoms with E-state index in [1.165, 1.54) is 24.3 Å². The molecule has 0 heterocycles. The Hall–Kier alpha value is -3.47. The van der Waals surface area contributed by atoms with E-state index < -0.39 is 46.3 Å². The summed E-state index contributed by atoms with van der Waals surface area (Å²) in [5.74, 6) is -11.7. The lowest BCUT2D eigenvalue weighted by molar-refractivity contribution is -0.126.